The molecule has 1 saturated heterocycles. The molecule has 0 aromatic carbocycles. The van der Waals surface area contributed by atoms with Gasteiger partial charge in [-0.25, -0.2) is 15.0 Å². The summed E-state index contributed by atoms with van der Waals surface area (Å²) >= 11 is 0. The Hall–Kier alpha value is -2.33. The number of imidazole rings is 1. The van der Waals surface area contributed by atoms with E-state index in [2.05, 4.69) is 15.0 Å². The minimum atomic E-state index is -1.19. The zero-order valence-corrected chi connectivity index (χ0v) is 12.0. The molecule has 9 nitrogen and oxygen atoms in total. The van der Waals surface area contributed by atoms with Crippen molar-refractivity contribution in [3.8, 4) is 5.82 Å². The average Bonchev–Trinajstić information content (AvgIpc) is 3.28. The standard InChI is InChI=1S/C14H15N5O4/c20-5-8-10(21)11(22)14(23-8)19-7-17-9-12(15-6-16-13(9)19)18-3-1-2-4-18/h1-4,6-8,10-11,14,20-22H,5H2/t8-,10-,11-,14+/m0/s1. The van der Waals surface area contributed by atoms with Crippen LogP contribution < -0.4 is 0 Å². The third kappa shape index (κ3) is 2.13. The zero-order chi connectivity index (χ0) is 16.0. The summed E-state index contributed by atoms with van der Waals surface area (Å²) in [5, 5.41) is 29.3. The molecule has 0 aliphatic carbocycles. The molecule has 1 fully saturated rings. The number of aromatic nitrogens is 5. The third-order valence-corrected chi connectivity index (χ3v) is 3.98. The van der Waals surface area contributed by atoms with Crippen LogP contribution in [0.15, 0.2) is 37.2 Å². The fraction of sp³-hybridized carbons (Fsp3) is 0.357. The lowest BCUT2D eigenvalue weighted by atomic mass is 10.1. The summed E-state index contributed by atoms with van der Waals surface area (Å²) in [5.41, 5.74) is 1.01. The lowest BCUT2D eigenvalue weighted by Gasteiger charge is -2.16. The molecule has 0 spiro atoms. The highest BCUT2D eigenvalue weighted by Crippen LogP contribution is 2.31. The predicted octanol–water partition coefficient (Wildman–Crippen LogP) is -0.772. The largest absolute Gasteiger partial charge is 0.394 e. The number of hydrogen-bond donors (Lipinski definition) is 3. The van der Waals surface area contributed by atoms with Gasteiger partial charge in [-0.1, -0.05) is 0 Å². The Morgan fingerprint density at radius 2 is 1.87 bits per heavy atom. The van der Waals surface area contributed by atoms with Gasteiger partial charge in [-0.15, -0.1) is 0 Å². The summed E-state index contributed by atoms with van der Waals surface area (Å²) in [4.78, 5) is 12.8. The van der Waals surface area contributed by atoms with E-state index in [1.165, 1.54) is 17.2 Å². The average molecular weight is 317 g/mol. The van der Waals surface area contributed by atoms with Gasteiger partial charge in [-0.2, -0.15) is 0 Å². The second kappa shape index (κ2) is 5.39. The van der Waals surface area contributed by atoms with E-state index in [1.807, 2.05) is 24.5 Å². The first-order valence-electron chi connectivity index (χ1n) is 7.14. The monoisotopic (exact) mass is 317 g/mol. The van der Waals surface area contributed by atoms with Crippen LogP contribution in [0.1, 0.15) is 6.23 Å². The summed E-state index contributed by atoms with van der Waals surface area (Å²) in [6.45, 7) is -0.384. The van der Waals surface area contributed by atoms with Crippen molar-refractivity contribution < 1.29 is 20.1 Å². The van der Waals surface area contributed by atoms with Gasteiger partial charge in [0, 0.05) is 12.4 Å². The molecule has 4 heterocycles. The first-order chi connectivity index (χ1) is 11.2. The van der Waals surface area contributed by atoms with E-state index in [9.17, 15) is 15.3 Å². The van der Waals surface area contributed by atoms with E-state index in [4.69, 9.17) is 4.74 Å². The van der Waals surface area contributed by atoms with Gasteiger partial charge in [-0.3, -0.25) is 4.57 Å². The third-order valence-electron chi connectivity index (χ3n) is 3.98. The number of aliphatic hydroxyl groups excluding tert-OH is 3. The number of rotatable bonds is 3. The van der Waals surface area contributed by atoms with E-state index in [1.54, 1.807) is 4.57 Å². The molecule has 4 rings (SSSR count). The van der Waals surface area contributed by atoms with E-state index in [0.29, 0.717) is 17.0 Å². The number of aliphatic hydroxyl groups is 3. The molecule has 0 amide bonds. The molecule has 3 N–H and O–H groups in total. The highest BCUT2D eigenvalue weighted by molar-refractivity contribution is 5.78. The highest BCUT2D eigenvalue weighted by Gasteiger charge is 2.44. The van der Waals surface area contributed by atoms with Crippen molar-refractivity contribution in [1.82, 2.24) is 24.1 Å². The van der Waals surface area contributed by atoms with Crippen LogP contribution in [0.4, 0.5) is 0 Å². The number of nitrogens with zero attached hydrogens (tertiary/aromatic N) is 5. The minimum absolute atomic E-state index is 0.384. The summed E-state index contributed by atoms with van der Waals surface area (Å²) in [5.74, 6) is 0.602. The first-order valence-corrected chi connectivity index (χ1v) is 7.14. The maximum Gasteiger partial charge on any atom is 0.168 e. The molecule has 23 heavy (non-hydrogen) atoms. The van der Waals surface area contributed by atoms with Gasteiger partial charge in [0.2, 0.25) is 0 Å². The molecule has 1 aliphatic rings. The predicted molar refractivity (Wildman–Crippen MR) is 77.7 cm³/mol. The van der Waals surface area contributed by atoms with Crippen LogP contribution in [0, 0.1) is 0 Å². The molecule has 120 valence electrons. The maximum absolute atomic E-state index is 10.2. The normalized spacial score (nSPS) is 27.8. The van der Waals surface area contributed by atoms with E-state index < -0.39 is 24.5 Å². The Balaban J connectivity index is 1.80. The van der Waals surface area contributed by atoms with Gasteiger partial charge in [0.05, 0.1) is 12.9 Å². The van der Waals surface area contributed by atoms with Crippen molar-refractivity contribution in [2.75, 3.05) is 6.61 Å². The molecule has 0 saturated carbocycles. The maximum atomic E-state index is 10.2. The van der Waals surface area contributed by atoms with Gasteiger partial charge in [0.1, 0.15) is 24.6 Å². The van der Waals surface area contributed by atoms with Crippen molar-refractivity contribution in [1.29, 1.82) is 0 Å². The zero-order valence-electron chi connectivity index (χ0n) is 12.0. The van der Waals surface area contributed by atoms with E-state index in [-0.39, 0.29) is 6.61 Å². The van der Waals surface area contributed by atoms with Crippen LogP contribution in [0.25, 0.3) is 17.0 Å². The fourth-order valence-electron chi connectivity index (χ4n) is 2.80. The summed E-state index contributed by atoms with van der Waals surface area (Å²) in [7, 11) is 0. The molecular formula is C14H15N5O4. The van der Waals surface area contributed by atoms with Gasteiger partial charge >= 0.3 is 0 Å². The van der Waals surface area contributed by atoms with Crippen LogP contribution >= 0.6 is 0 Å². The molecule has 3 aromatic rings. The van der Waals surface area contributed by atoms with Crippen LogP contribution in [0.5, 0.6) is 0 Å². The Bertz CT molecular complexity index is 818. The van der Waals surface area contributed by atoms with Gasteiger partial charge < -0.3 is 24.6 Å². The lowest BCUT2D eigenvalue weighted by Crippen LogP contribution is -2.33. The van der Waals surface area contributed by atoms with Crippen LogP contribution in [-0.4, -0.2) is 64.3 Å². The van der Waals surface area contributed by atoms with Gasteiger partial charge in [0.25, 0.3) is 0 Å². The second-order valence-corrected chi connectivity index (χ2v) is 5.34. The van der Waals surface area contributed by atoms with Crippen molar-refractivity contribution in [3.63, 3.8) is 0 Å². The number of ether oxygens (including phenoxy) is 1. The Morgan fingerprint density at radius 3 is 2.57 bits per heavy atom. The SMILES string of the molecule is OC[C@@H]1O[C@@H](n2cnc3c(-n4cccc4)ncnc32)[C@@H](O)[C@H]1O. The number of hydrogen-bond acceptors (Lipinski definition) is 7. The fourth-order valence-corrected chi connectivity index (χ4v) is 2.80. The molecule has 1 aliphatic heterocycles. The number of fused-ring (bicyclic) bond motifs is 1. The van der Waals surface area contributed by atoms with E-state index in [0.717, 1.165) is 0 Å². The van der Waals surface area contributed by atoms with Crippen molar-refractivity contribution in [2.45, 2.75) is 24.5 Å². The Kier molecular flexibility index (Phi) is 3.34. The Morgan fingerprint density at radius 1 is 1.09 bits per heavy atom. The quantitative estimate of drug-likeness (QED) is 0.580. The molecule has 0 bridgehead atoms. The smallest absolute Gasteiger partial charge is 0.168 e. The second-order valence-electron chi connectivity index (χ2n) is 5.34. The summed E-state index contributed by atoms with van der Waals surface area (Å²) in [6.07, 6.45) is 2.48. The topological polar surface area (TPSA) is 118 Å². The van der Waals surface area contributed by atoms with Gasteiger partial charge in [0.15, 0.2) is 23.2 Å². The van der Waals surface area contributed by atoms with E-state index >= 15 is 0 Å². The summed E-state index contributed by atoms with van der Waals surface area (Å²) < 4.78 is 8.86. The van der Waals surface area contributed by atoms with Crippen molar-refractivity contribution in [2.24, 2.45) is 0 Å². The van der Waals surface area contributed by atoms with Crippen molar-refractivity contribution >= 4 is 11.2 Å². The van der Waals surface area contributed by atoms with Crippen LogP contribution in [-0.2, 0) is 4.74 Å². The highest BCUT2D eigenvalue weighted by atomic mass is 16.6. The molecule has 0 radical (unpaired) electrons. The van der Waals surface area contributed by atoms with Crippen LogP contribution in [0.2, 0.25) is 0 Å². The minimum Gasteiger partial charge on any atom is -0.394 e. The molecule has 4 atom stereocenters. The molecule has 3 aromatic heterocycles. The molecule has 9 heteroatoms. The van der Waals surface area contributed by atoms with Crippen LogP contribution in [0.3, 0.4) is 0 Å². The van der Waals surface area contributed by atoms with Gasteiger partial charge in [-0.05, 0) is 12.1 Å². The van der Waals surface area contributed by atoms with Crippen molar-refractivity contribution in [3.05, 3.63) is 37.2 Å². The summed E-state index contributed by atoms with van der Waals surface area (Å²) in [6, 6.07) is 3.74. The first kappa shape index (κ1) is 14.3. The molecule has 0 unspecified atom stereocenters. The lowest BCUT2D eigenvalue weighted by molar-refractivity contribution is -0.0511. The molecular weight excluding hydrogens is 302 g/mol. The Labute approximate surface area is 130 Å².